The zero-order valence-electron chi connectivity index (χ0n) is 11.8. The van der Waals surface area contributed by atoms with Crippen molar-refractivity contribution < 1.29 is 5.11 Å². The van der Waals surface area contributed by atoms with E-state index in [1.54, 1.807) is 0 Å². The Labute approximate surface area is 115 Å². The van der Waals surface area contributed by atoms with Crippen molar-refractivity contribution in [1.82, 2.24) is 14.5 Å². The van der Waals surface area contributed by atoms with Crippen LogP contribution in [0.3, 0.4) is 0 Å². The third kappa shape index (κ3) is 2.56. The molecule has 1 aliphatic carbocycles. The molecule has 106 valence electrons. The first-order valence-electron chi connectivity index (χ1n) is 7.70. The summed E-state index contributed by atoms with van der Waals surface area (Å²) in [5.41, 5.74) is 1.31. The lowest BCUT2D eigenvalue weighted by atomic mass is 9.94. The van der Waals surface area contributed by atoms with Crippen molar-refractivity contribution in [2.45, 2.75) is 64.3 Å². The van der Waals surface area contributed by atoms with Gasteiger partial charge in [-0.05, 0) is 39.2 Å². The highest BCUT2D eigenvalue weighted by Crippen LogP contribution is 2.36. The number of nitrogens with zero attached hydrogens (tertiary/aromatic N) is 3. The third-order valence-corrected chi connectivity index (χ3v) is 4.94. The number of aryl methyl sites for hydroxylation is 1. The van der Waals surface area contributed by atoms with E-state index in [1.165, 1.54) is 37.9 Å². The standard InChI is InChI=1S/C15H25N3O/c1-2-17-11-16-9-12(17)10-18-8-4-6-14(18)13-5-3-7-15(13)19/h9,11,13-15,19H,2-8,10H2,1H3. The molecule has 1 N–H and O–H groups in total. The number of hydrogen-bond acceptors (Lipinski definition) is 3. The van der Waals surface area contributed by atoms with Crippen LogP contribution in [0, 0.1) is 5.92 Å². The highest BCUT2D eigenvalue weighted by atomic mass is 16.3. The number of aliphatic hydroxyl groups is 1. The highest BCUT2D eigenvalue weighted by molar-refractivity contribution is 5.01. The molecule has 0 amide bonds. The zero-order chi connectivity index (χ0) is 13.2. The Morgan fingerprint density at radius 1 is 1.32 bits per heavy atom. The molecule has 19 heavy (non-hydrogen) atoms. The average molecular weight is 263 g/mol. The van der Waals surface area contributed by atoms with Crippen molar-refractivity contribution >= 4 is 0 Å². The molecule has 3 unspecified atom stereocenters. The number of imidazole rings is 1. The van der Waals surface area contributed by atoms with Crippen LogP contribution in [0.25, 0.3) is 0 Å². The van der Waals surface area contributed by atoms with Gasteiger partial charge < -0.3 is 9.67 Å². The van der Waals surface area contributed by atoms with E-state index in [4.69, 9.17) is 0 Å². The summed E-state index contributed by atoms with van der Waals surface area (Å²) in [5.74, 6) is 0.500. The smallest absolute Gasteiger partial charge is 0.0948 e. The number of rotatable bonds is 4. The minimum absolute atomic E-state index is 0.0679. The van der Waals surface area contributed by atoms with Gasteiger partial charge in [0.05, 0.1) is 18.1 Å². The van der Waals surface area contributed by atoms with Crippen molar-refractivity contribution in [2.24, 2.45) is 5.92 Å². The van der Waals surface area contributed by atoms with E-state index in [0.717, 1.165) is 19.5 Å². The predicted molar refractivity (Wildman–Crippen MR) is 74.7 cm³/mol. The largest absolute Gasteiger partial charge is 0.393 e. The molecule has 0 aromatic carbocycles. The number of aliphatic hydroxyl groups excluding tert-OH is 1. The summed E-state index contributed by atoms with van der Waals surface area (Å²) < 4.78 is 2.22. The van der Waals surface area contributed by atoms with Gasteiger partial charge in [-0.3, -0.25) is 4.90 Å². The van der Waals surface area contributed by atoms with Gasteiger partial charge in [0.2, 0.25) is 0 Å². The fourth-order valence-corrected chi connectivity index (χ4v) is 3.92. The lowest BCUT2D eigenvalue weighted by Crippen LogP contribution is -2.38. The van der Waals surface area contributed by atoms with Crippen LogP contribution in [0.2, 0.25) is 0 Å². The number of likely N-dealkylation sites (tertiary alicyclic amines) is 1. The van der Waals surface area contributed by atoms with E-state index in [9.17, 15) is 5.11 Å². The molecule has 0 spiro atoms. The van der Waals surface area contributed by atoms with E-state index >= 15 is 0 Å². The van der Waals surface area contributed by atoms with Crippen LogP contribution in [-0.2, 0) is 13.1 Å². The van der Waals surface area contributed by atoms with Crippen LogP contribution < -0.4 is 0 Å². The maximum atomic E-state index is 10.1. The van der Waals surface area contributed by atoms with Gasteiger partial charge in [-0.2, -0.15) is 0 Å². The van der Waals surface area contributed by atoms with Crippen molar-refractivity contribution in [3.8, 4) is 0 Å². The fraction of sp³-hybridized carbons (Fsp3) is 0.800. The Hall–Kier alpha value is -0.870. The van der Waals surface area contributed by atoms with Crippen molar-refractivity contribution in [3.63, 3.8) is 0 Å². The molecule has 0 radical (unpaired) electrons. The van der Waals surface area contributed by atoms with E-state index in [1.807, 2.05) is 12.5 Å². The van der Waals surface area contributed by atoms with Gasteiger partial charge in [0.25, 0.3) is 0 Å². The van der Waals surface area contributed by atoms with Gasteiger partial charge in [-0.25, -0.2) is 4.98 Å². The number of hydrogen-bond donors (Lipinski definition) is 1. The van der Waals surface area contributed by atoms with Gasteiger partial charge in [0, 0.05) is 31.2 Å². The van der Waals surface area contributed by atoms with Crippen LogP contribution in [0.1, 0.15) is 44.7 Å². The molecule has 4 nitrogen and oxygen atoms in total. The zero-order valence-corrected chi connectivity index (χ0v) is 11.8. The molecule has 2 fully saturated rings. The van der Waals surface area contributed by atoms with Gasteiger partial charge in [0.15, 0.2) is 0 Å². The van der Waals surface area contributed by atoms with Crippen LogP contribution in [0.4, 0.5) is 0 Å². The Morgan fingerprint density at radius 2 is 2.21 bits per heavy atom. The number of aromatic nitrogens is 2. The summed E-state index contributed by atoms with van der Waals surface area (Å²) in [7, 11) is 0. The second kappa shape index (κ2) is 5.63. The molecule has 1 saturated heterocycles. The Kier molecular flexibility index (Phi) is 3.89. The lowest BCUT2D eigenvalue weighted by Gasteiger charge is -2.31. The van der Waals surface area contributed by atoms with Gasteiger partial charge in [-0.15, -0.1) is 0 Å². The van der Waals surface area contributed by atoms with Crippen LogP contribution >= 0.6 is 0 Å². The Balaban J connectivity index is 1.69. The van der Waals surface area contributed by atoms with Crippen LogP contribution in [0.15, 0.2) is 12.5 Å². The first kappa shape index (κ1) is 13.1. The van der Waals surface area contributed by atoms with Crippen molar-refractivity contribution in [3.05, 3.63) is 18.2 Å². The summed E-state index contributed by atoms with van der Waals surface area (Å²) >= 11 is 0. The molecular weight excluding hydrogens is 238 g/mol. The summed E-state index contributed by atoms with van der Waals surface area (Å²) in [6.45, 7) is 5.30. The van der Waals surface area contributed by atoms with E-state index in [-0.39, 0.29) is 6.10 Å². The summed E-state index contributed by atoms with van der Waals surface area (Å²) in [4.78, 5) is 6.83. The molecule has 0 bridgehead atoms. The molecular formula is C15H25N3O. The van der Waals surface area contributed by atoms with Gasteiger partial charge in [0.1, 0.15) is 0 Å². The van der Waals surface area contributed by atoms with E-state index in [0.29, 0.717) is 12.0 Å². The lowest BCUT2D eigenvalue weighted by molar-refractivity contribution is 0.0710. The first-order chi connectivity index (χ1) is 9.29. The van der Waals surface area contributed by atoms with Gasteiger partial charge >= 0.3 is 0 Å². The first-order valence-corrected chi connectivity index (χ1v) is 7.70. The topological polar surface area (TPSA) is 41.3 Å². The molecule has 2 heterocycles. The van der Waals surface area contributed by atoms with Crippen LogP contribution in [-0.4, -0.2) is 38.2 Å². The minimum Gasteiger partial charge on any atom is -0.393 e. The van der Waals surface area contributed by atoms with Crippen molar-refractivity contribution in [2.75, 3.05) is 6.54 Å². The molecule has 1 aromatic heterocycles. The summed E-state index contributed by atoms with van der Waals surface area (Å²) in [6.07, 6.45) is 9.77. The normalized spacial score (nSPS) is 32.2. The summed E-state index contributed by atoms with van der Waals surface area (Å²) in [6, 6.07) is 0.581. The SMILES string of the molecule is CCn1cncc1CN1CCCC1C1CCCC1O. The fourth-order valence-electron chi connectivity index (χ4n) is 3.92. The second-order valence-electron chi connectivity index (χ2n) is 6.01. The van der Waals surface area contributed by atoms with Gasteiger partial charge in [-0.1, -0.05) is 6.42 Å². The molecule has 3 rings (SSSR count). The molecule has 1 aromatic rings. The average Bonchev–Trinajstić information content (AvgIpc) is 3.10. The predicted octanol–water partition coefficient (Wildman–Crippen LogP) is 2.03. The van der Waals surface area contributed by atoms with Crippen LogP contribution in [0.5, 0.6) is 0 Å². The second-order valence-corrected chi connectivity index (χ2v) is 6.01. The van der Waals surface area contributed by atoms with Crippen molar-refractivity contribution in [1.29, 1.82) is 0 Å². The molecule has 3 atom stereocenters. The Bertz CT molecular complexity index is 417. The highest BCUT2D eigenvalue weighted by Gasteiger charge is 2.38. The van der Waals surface area contributed by atoms with E-state index in [2.05, 4.69) is 21.4 Å². The molecule has 1 aliphatic heterocycles. The third-order valence-electron chi connectivity index (χ3n) is 4.94. The molecule has 4 heteroatoms. The summed E-state index contributed by atoms with van der Waals surface area (Å²) in [5, 5.41) is 10.1. The molecule has 2 aliphatic rings. The maximum absolute atomic E-state index is 10.1. The van der Waals surface area contributed by atoms with E-state index < -0.39 is 0 Å². The monoisotopic (exact) mass is 263 g/mol. The molecule has 1 saturated carbocycles. The quantitative estimate of drug-likeness (QED) is 0.903. The maximum Gasteiger partial charge on any atom is 0.0948 e. The Morgan fingerprint density at radius 3 is 2.95 bits per heavy atom. The minimum atomic E-state index is -0.0679.